The van der Waals surface area contributed by atoms with Gasteiger partial charge in [0.1, 0.15) is 17.5 Å². The van der Waals surface area contributed by atoms with Crippen LogP contribution in [0.3, 0.4) is 0 Å². The lowest BCUT2D eigenvalue weighted by Crippen LogP contribution is -2.38. The van der Waals surface area contributed by atoms with Crippen LogP contribution in [0, 0.1) is 17.6 Å². The van der Waals surface area contributed by atoms with E-state index in [2.05, 4.69) is 10.1 Å². The highest BCUT2D eigenvalue weighted by molar-refractivity contribution is 5.92. The van der Waals surface area contributed by atoms with Gasteiger partial charge in [0, 0.05) is 37.0 Å². The second-order valence-corrected chi connectivity index (χ2v) is 9.71. The number of piperidine rings is 1. The number of halogens is 3. The molecule has 1 aromatic carbocycles. The number of fused-ring (bicyclic) bond motifs is 1. The normalized spacial score (nSPS) is 18.4. The van der Waals surface area contributed by atoms with Crippen molar-refractivity contribution in [2.45, 2.75) is 37.8 Å². The fourth-order valence-corrected chi connectivity index (χ4v) is 5.61. The van der Waals surface area contributed by atoms with Crippen LogP contribution in [0.2, 0.25) is 0 Å². The van der Waals surface area contributed by atoms with Crippen molar-refractivity contribution >= 4 is 22.9 Å². The molecule has 1 N–H and O–H groups in total. The Morgan fingerprint density at radius 3 is 2.58 bits per heavy atom. The van der Waals surface area contributed by atoms with E-state index in [9.17, 15) is 18.7 Å². The van der Waals surface area contributed by atoms with Gasteiger partial charge in [-0.25, -0.2) is 23.2 Å². The second-order valence-electron chi connectivity index (χ2n) is 9.71. The summed E-state index contributed by atoms with van der Waals surface area (Å²) in [6.45, 7) is 1.26. The number of nitrogens with zero attached hydrogens (tertiary/aromatic N) is 6. The topological polar surface area (TPSA) is 87.4 Å². The average molecular weight is 523 g/mol. The number of likely N-dealkylation sites (tertiary alicyclic amines) is 1. The number of carbonyl (C=O) groups is 1. The van der Waals surface area contributed by atoms with Crippen LogP contribution in [-0.4, -0.2) is 55.5 Å². The fraction of sp³-hybridized carbons (Fsp3) is 0.333. The van der Waals surface area contributed by atoms with Crippen molar-refractivity contribution in [1.29, 1.82) is 0 Å². The van der Waals surface area contributed by atoms with Crippen LogP contribution in [0.1, 0.15) is 43.3 Å². The molecule has 2 aliphatic heterocycles. The summed E-state index contributed by atoms with van der Waals surface area (Å²) in [5, 5.41) is 13.5. The van der Waals surface area contributed by atoms with E-state index < -0.39 is 23.7 Å². The molecule has 1 amide bonds. The Labute approximate surface area is 216 Å². The first kappa shape index (κ1) is 24.2. The molecular formula is C27H25F3N6O2. The Bertz CT molecular complexity index is 1520. The Morgan fingerprint density at radius 2 is 1.79 bits per heavy atom. The molecule has 0 aliphatic carbocycles. The van der Waals surface area contributed by atoms with Crippen molar-refractivity contribution in [2.24, 2.45) is 0 Å². The highest BCUT2D eigenvalue weighted by atomic mass is 19.1. The van der Waals surface area contributed by atoms with Gasteiger partial charge in [-0.15, -0.1) is 0 Å². The molecule has 11 heteroatoms. The number of aromatic nitrogens is 4. The number of hydrogen-bond acceptors (Lipinski definition) is 5. The molecule has 3 aromatic heterocycles. The molecule has 0 spiro atoms. The SMILES string of the molecule is O=C(O)N1CCC(n2ncc(-c3ccnc4ccc(N5CCCC5c5cc(F)ccc5F)nc34)c2F)CC1. The summed E-state index contributed by atoms with van der Waals surface area (Å²) in [6.07, 6.45) is 4.46. The molecule has 8 nitrogen and oxygen atoms in total. The summed E-state index contributed by atoms with van der Waals surface area (Å²) in [5.74, 6) is -0.895. The van der Waals surface area contributed by atoms with E-state index in [0.29, 0.717) is 61.3 Å². The third-order valence-electron chi connectivity index (χ3n) is 7.54. The number of hydrogen-bond donors (Lipinski definition) is 1. The predicted octanol–water partition coefficient (Wildman–Crippen LogP) is 5.57. The maximum Gasteiger partial charge on any atom is 0.407 e. The van der Waals surface area contributed by atoms with Gasteiger partial charge >= 0.3 is 6.09 Å². The zero-order valence-corrected chi connectivity index (χ0v) is 20.4. The second kappa shape index (κ2) is 9.62. The first-order chi connectivity index (χ1) is 18.4. The van der Waals surface area contributed by atoms with Gasteiger partial charge in [0.15, 0.2) is 0 Å². The fourth-order valence-electron chi connectivity index (χ4n) is 5.61. The highest BCUT2D eigenvalue weighted by Gasteiger charge is 2.31. The minimum absolute atomic E-state index is 0.248. The van der Waals surface area contributed by atoms with Crippen molar-refractivity contribution in [3.63, 3.8) is 0 Å². The standard InChI is InChI=1S/C27H25F3N6O2/c28-16-3-4-21(29)19(14-16)23-2-1-11-35(23)24-6-5-22-25(33-24)18(7-10-31-22)20-15-32-36(26(20)30)17-8-12-34(13-9-17)27(37)38/h3-7,10,14-15,17,23H,1-2,8-9,11-13H2,(H,37,38). The van der Waals surface area contributed by atoms with Crippen molar-refractivity contribution in [2.75, 3.05) is 24.5 Å². The number of carboxylic acid groups (broad SMARTS) is 1. The monoisotopic (exact) mass is 522 g/mol. The molecule has 4 aromatic rings. The number of benzene rings is 1. The van der Waals surface area contributed by atoms with Crippen molar-refractivity contribution < 1.29 is 23.1 Å². The minimum Gasteiger partial charge on any atom is -0.465 e. The third-order valence-corrected chi connectivity index (χ3v) is 7.54. The molecule has 1 atom stereocenters. The summed E-state index contributed by atoms with van der Waals surface area (Å²) in [7, 11) is 0. The lowest BCUT2D eigenvalue weighted by Gasteiger charge is -2.30. The van der Waals surface area contributed by atoms with Gasteiger partial charge in [0.25, 0.3) is 0 Å². The smallest absolute Gasteiger partial charge is 0.407 e. The zero-order chi connectivity index (χ0) is 26.4. The molecule has 38 heavy (non-hydrogen) atoms. The van der Waals surface area contributed by atoms with Crippen molar-refractivity contribution in [1.82, 2.24) is 24.6 Å². The summed E-state index contributed by atoms with van der Waals surface area (Å²) in [4.78, 5) is 23.7. The number of pyridine rings is 2. The Balaban J connectivity index is 1.35. The summed E-state index contributed by atoms with van der Waals surface area (Å²) < 4.78 is 45.5. The largest absolute Gasteiger partial charge is 0.465 e. The highest BCUT2D eigenvalue weighted by Crippen LogP contribution is 2.38. The number of anilines is 1. The predicted molar refractivity (Wildman–Crippen MR) is 134 cm³/mol. The first-order valence-corrected chi connectivity index (χ1v) is 12.6. The number of rotatable bonds is 4. The molecule has 0 saturated carbocycles. The molecule has 5 heterocycles. The van der Waals surface area contributed by atoms with Gasteiger partial charge in [-0.1, -0.05) is 0 Å². The molecular weight excluding hydrogens is 497 g/mol. The van der Waals surface area contributed by atoms with Gasteiger partial charge in [-0.05, 0) is 62.1 Å². The van der Waals surface area contributed by atoms with E-state index in [1.165, 1.54) is 21.8 Å². The van der Waals surface area contributed by atoms with Crippen molar-refractivity contribution in [3.05, 3.63) is 71.9 Å². The Hall–Kier alpha value is -4.15. The quantitative estimate of drug-likeness (QED) is 0.377. The van der Waals surface area contributed by atoms with Crippen LogP contribution in [0.4, 0.5) is 23.8 Å². The van der Waals surface area contributed by atoms with E-state index in [-0.39, 0.29) is 23.2 Å². The Morgan fingerprint density at radius 1 is 0.974 bits per heavy atom. The van der Waals surface area contributed by atoms with Crippen LogP contribution in [-0.2, 0) is 0 Å². The summed E-state index contributed by atoms with van der Waals surface area (Å²) in [5.41, 5.74) is 2.14. The summed E-state index contributed by atoms with van der Waals surface area (Å²) in [6, 6.07) is 8.14. The maximum absolute atomic E-state index is 15.7. The third kappa shape index (κ3) is 4.21. The van der Waals surface area contributed by atoms with Gasteiger partial charge < -0.3 is 14.9 Å². The molecule has 2 saturated heterocycles. The Kier molecular flexibility index (Phi) is 6.13. The first-order valence-electron chi connectivity index (χ1n) is 12.6. The van der Waals surface area contributed by atoms with E-state index in [1.807, 2.05) is 4.90 Å². The lowest BCUT2D eigenvalue weighted by atomic mass is 10.0. The summed E-state index contributed by atoms with van der Waals surface area (Å²) >= 11 is 0. The van der Waals surface area contributed by atoms with Crippen LogP contribution >= 0.6 is 0 Å². The van der Waals surface area contributed by atoms with E-state index in [1.54, 1.807) is 24.4 Å². The van der Waals surface area contributed by atoms with Crippen LogP contribution in [0.15, 0.2) is 48.8 Å². The van der Waals surface area contributed by atoms with Gasteiger partial charge in [0.05, 0.1) is 34.9 Å². The zero-order valence-electron chi connectivity index (χ0n) is 20.4. The maximum atomic E-state index is 15.7. The van der Waals surface area contributed by atoms with E-state index >= 15 is 4.39 Å². The van der Waals surface area contributed by atoms with E-state index in [4.69, 9.17) is 4.98 Å². The molecule has 0 bridgehead atoms. The van der Waals surface area contributed by atoms with Gasteiger partial charge in [-0.2, -0.15) is 9.49 Å². The molecule has 2 fully saturated rings. The molecule has 2 aliphatic rings. The lowest BCUT2D eigenvalue weighted by molar-refractivity contribution is 0.122. The molecule has 196 valence electrons. The minimum atomic E-state index is -0.976. The molecule has 6 rings (SSSR count). The van der Waals surface area contributed by atoms with Gasteiger partial charge in [0.2, 0.25) is 5.95 Å². The van der Waals surface area contributed by atoms with Gasteiger partial charge in [-0.3, -0.25) is 4.98 Å². The molecule has 0 radical (unpaired) electrons. The van der Waals surface area contributed by atoms with Crippen molar-refractivity contribution in [3.8, 4) is 11.1 Å². The average Bonchev–Trinajstić information content (AvgIpc) is 3.56. The number of amides is 1. The van der Waals surface area contributed by atoms with Crippen LogP contribution in [0.5, 0.6) is 0 Å². The van der Waals surface area contributed by atoms with Crippen LogP contribution < -0.4 is 4.90 Å². The van der Waals surface area contributed by atoms with E-state index in [0.717, 1.165) is 18.6 Å². The van der Waals surface area contributed by atoms with Crippen LogP contribution in [0.25, 0.3) is 22.2 Å². The molecule has 1 unspecified atom stereocenters.